The molecular weight excluding hydrogens is 330 g/mol. The Balaban J connectivity index is 0.00000169. The first-order chi connectivity index (χ1) is 11.0. The van der Waals surface area contributed by atoms with Crippen LogP contribution in [-0.2, 0) is 4.74 Å². The van der Waals surface area contributed by atoms with E-state index in [4.69, 9.17) is 4.74 Å². The number of rotatable bonds is 1. The molecule has 2 aliphatic heterocycles. The van der Waals surface area contributed by atoms with Gasteiger partial charge in [0.2, 0.25) is 0 Å². The van der Waals surface area contributed by atoms with E-state index in [-0.39, 0.29) is 18.5 Å². The molecule has 7 heteroatoms. The van der Waals surface area contributed by atoms with Crippen LogP contribution >= 0.6 is 12.4 Å². The van der Waals surface area contributed by atoms with Crippen molar-refractivity contribution in [3.8, 4) is 0 Å². The number of aromatic nitrogens is 2. The standard InChI is InChI=1S/C17H21N3O3.ClH/c1-10-4-3-5-14-15(10)18-16(21)20(14)17(22)23-13-8-11-6-7-12(9-13)19(11)2;/h3-5,11-13H,6-9H2,1-2H3,(H,18,21);1H. The summed E-state index contributed by atoms with van der Waals surface area (Å²) in [6.07, 6.45) is 3.38. The van der Waals surface area contributed by atoms with Crippen LogP contribution in [0.3, 0.4) is 0 Å². The van der Waals surface area contributed by atoms with Crippen molar-refractivity contribution in [1.82, 2.24) is 14.5 Å². The van der Waals surface area contributed by atoms with E-state index in [9.17, 15) is 9.59 Å². The number of ether oxygens (including phenoxy) is 1. The molecule has 0 spiro atoms. The summed E-state index contributed by atoms with van der Waals surface area (Å²) in [4.78, 5) is 29.9. The summed E-state index contributed by atoms with van der Waals surface area (Å²) in [6, 6.07) is 6.49. The Bertz CT molecular complexity index is 814. The molecule has 2 atom stereocenters. The third-order valence-corrected chi connectivity index (χ3v) is 5.43. The van der Waals surface area contributed by atoms with Gasteiger partial charge in [-0.3, -0.25) is 0 Å². The van der Waals surface area contributed by atoms with Gasteiger partial charge in [-0.1, -0.05) is 12.1 Å². The number of carbonyl (C=O) groups excluding carboxylic acids is 1. The maximum atomic E-state index is 12.5. The van der Waals surface area contributed by atoms with Gasteiger partial charge in [-0.15, -0.1) is 12.4 Å². The van der Waals surface area contributed by atoms with Gasteiger partial charge in [0.15, 0.2) is 0 Å². The highest BCUT2D eigenvalue weighted by atomic mass is 35.5. The number of halogens is 1. The van der Waals surface area contributed by atoms with E-state index >= 15 is 0 Å². The number of piperidine rings is 1. The summed E-state index contributed by atoms with van der Waals surface area (Å²) in [5, 5.41) is 0. The van der Waals surface area contributed by atoms with Gasteiger partial charge in [0.1, 0.15) is 6.10 Å². The van der Waals surface area contributed by atoms with Crippen molar-refractivity contribution < 1.29 is 9.53 Å². The predicted octanol–water partition coefficient (Wildman–Crippen LogP) is 2.67. The van der Waals surface area contributed by atoms with Crippen LogP contribution in [0.15, 0.2) is 23.0 Å². The summed E-state index contributed by atoms with van der Waals surface area (Å²) in [5.41, 5.74) is 1.77. The van der Waals surface area contributed by atoms with Crippen LogP contribution < -0.4 is 5.69 Å². The smallest absolute Gasteiger partial charge is 0.423 e. The molecule has 1 N–H and O–H groups in total. The maximum absolute atomic E-state index is 12.5. The van der Waals surface area contributed by atoms with Crippen molar-refractivity contribution >= 4 is 29.5 Å². The average molecular weight is 352 g/mol. The van der Waals surface area contributed by atoms with Gasteiger partial charge in [-0.2, -0.15) is 4.57 Å². The second-order valence-corrected chi connectivity index (χ2v) is 6.76. The molecular formula is C17H22ClN3O3. The monoisotopic (exact) mass is 351 g/mol. The Hall–Kier alpha value is -1.79. The predicted molar refractivity (Wildman–Crippen MR) is 94.0 cm³/mol. The SMILES string of the molecule is Cc1cccc2c1[nH]c(=O)n2C(=O)OC1CC2CCC(C1)N2C.Cl. The molecule has 2 saturated heterocycles. The van der Waals surface area contributed by atoms with E-state index in [1.807, 2.05) is 19.1 Å². The highest BCUT2D eigenvalue weighted by Crippen LogP contribution is 2.35. The Labute approximate surface area is 146 Å². The third-order valence-electron chi connectivity index (χ3n) is 5.43. The number of hydrogen-bond acceptors (Lipinski definition) is 4. The maximum Gasteiger partial charge on any atom is 0.423 e. The van der Waals surface area contributed by atoms with Crippen molar-refractivity contribution in [3.05, 3.63) is 34.2 Å². The lowest BCUT2D eigenvalue weighted by Crippen LogP contribution is -2.44. The number of carbonyl (C=O) groups is 1. The first-order valence-electron chi connectivity index (χ1n) is 8.18. The Morgan fingerprint density at radius 2 is 1.92 bits per heavy atom. The molecule has 0 saturated carbocycles. The fourth-order valence-corrected chi connectivity index (χ4v) is 4.11. The third kappa shape index (κ3) is 2.63. The molecule has 6 nitrogen and oxygen atoms in total. The van der Waals surface area contributed by atoms with Crippen molar-refractivity contribution in [2.45, 2.75) is 50.8 Å². The molecule has 2 fully saturated rings. The van der Waals surface area contributed by atoms with Gasteiger partial charge < -0.3 is 14.6 Å². The van der Waals surface area contributed by atoms with Gasteiger partial charge in [-0.05, 0) is 38.4 Å². The van der Waals surface area contributed by atoms with Crippen LogP contribution in [0.1, 0.15) is 31.2 Å². The van der Waals surface area contributed by atoms with E-state index < -0.39 is 11.8 Å². The summed E-state index contributed by atoms with van der Waals surface area (Å²) >= 11 is 0. The van der Waals surface area contributed by atoms with E-state index in [0.717, 1.165) is 23.0 Å². The van der Waals surface area contributed by atoms with Crippen LogP contribution in [0.4, 0.5) is 4.79 Å². The summed E-state index contributed by atoms with van der Waals surface area (Å²) < 4.78 is 6.78. The molecule has 2 aromatic rings. The lowest BCUT2D eigenvalue weighted by atomic mass is 10.0. The molecule has 130 valence electrons. The number of hydrogen-bond donors (Lipinski definition) is 1. The number of nitrogens with zero attached hydrogens (tertiary/aromatic N) is 2. The zero-order valence-electron chi connectivity index (χ0n) is 13.8. The molecule has 4 rings (SSSR count). The number of para-hydroxylation sites is 1. The fraction of sp³-hybridized carbons (Fsp3) is 0.529. The van der Waals surface area contributed by atoms with Crippen LogP contribution in [0, 0.1) is 6.92 Å². The summed E-state index contributed by atoms with van der Waals surface area (Å²) in [7, 11) is 2.15. The number of H-pyrrole nitrogens is 1. The normalized spacial score (nSPS) is 26.3. The zero-order valence-corrected chi connectivity index (χ0v) is 14.6. The minimum absolute atomic E-state index is 0. The molecule has 0 aliphatic carbocycles. The molecule has 1 aromatic heterocycles. The number of fused-ring (bicyclic) bond motifs is 3. The van der Waals surface area contributed by atoms with Crippen LogP contribution in [0.5, 0.6) is 0 Å². The molecule has 24 heavy (non-hydrogen) atoms. The fourth-order valence-electron chi connectivity index (χ4n) is 4.11. The minimum Gasteiger partial charge on any atom is -0.445 e. The number of imidazole rings is 1. The van der Waals surface area contributed by atoms with E-state index in [0.29, 0.717) is 23.1 Å². The topological polar surface area (TPSA) is 67.3 Å². The van der Waals surface area contributed by atoms with Crippen LogP contribution in [0.2, 0.25) is 0 Å². The molecule has 2 aliphatic rings. The van der Waals surface area contributed by atoms with Gasteiger partial charge >= 0.3 is 11.8 Å². The Kier molecular flexibility index (Phi) is 4.44. The Morgan fingerprint density at radius 1 is 1.25 bits per heavy atom. The first kappa shape index (κ1) is 17.0. The average Bonchev–Trinajstić information content (AvgIpc) is 2.92. The lowest BCUT2D eigenvalue weighted by Gasteiger charge is -2.35. The van der Waals surface area contributed by atoms with Gasteiger partial charge in [-0.25, -0.2) is 9.59 Å². The first-order valence-corrected chi connectivity index (χ1v) is 8.18. The molecule has 0 amide bonds. The molecule has 2 bridgehead atoms. The van der Waals surface area contributed by atoms with Gasteiger partial charge in [0.05, 0.1) is 11.0 Å². The largest absolute Gasteiger partial charge is 0.445 e. The molecule has 1 aromatic carbocycles. The van der Waals surface area contributed by atoms with E-state index in [2.05, 4.69) is 16.9 Å². The van der Waals surface area contributed by atoms with Crippen molar-refractivity contribution in [1.29, 1.82) is 0 Å². The molecule has 0 radical (unpaired) electrons. The van der Waals surface area contributed by atoms with Crippen molar-refractivity contribution in [3.63, 3.8) is 0 Å². The zero-order chi connectivity index (χ0) is 16.1. The molecule has 3 heterocycles. The van der Waals surface area contributed by atoms with Crippen molar-refractivity contribution in [2.75, 3.05) is 7.05 Å². The quantitative estimate of drug-likeness (QED) is 0.857. The van der Waals surface area contributed by atoms with Crippen molar-refractivity contribution in [2.24, 2.45) is 0 Å². The van der Waals surface area contributed by atoms with Gasteiger partial charge in [0.25, 0.3) is 0 Å². The molecule has 2 unspecified atom stereocenters. The van der Waals surface area contributed by atoms with E-state index in [1.165, 1.54) is 12.8 Å². The number of nitrogens with one attached hydrogen (secondary N) is 1. The number of aromatic amines is 1. The highest BCUT2D eigenvalue weighted by molar-refractivity contribution is 5.88. The van der Waals surface area contributed by atoms with Crippen LogP contribution in [-0.4, -0.2) is 45.8 Å². The highest BCUT2D eigenvalue weighted by Gasteiger charge is 2.40. The van der Waals surface area contributed by atoms with E-state index in [1.54, 1.807) is 6.07 Å². The minimum atomic E-state index is -0.569. The number of aryl methyl sites for hydroxylation is 1. The summed E-state index contributed by atoms with van der Waals surface area (Å²) in [5.74, 6) is 0. The second kappa shape index (κ2) is 6.26. The summed E-state index contributed by atoms with van der Waals surface area (Å²) in [6.45, 7) is 1.91. The van der Waals surface area contributed by atoms with Gasteiger partial charge in [0, 0.05) is 24.9 Å². The Morgan fingerprint density at radius 3 is 2.58 bits per heavy atom. The van der Waals surface area contributed by atoms with Crippen LogP contribution in [0.25, 0.3) is 11.0 Å². The second-order valence-electron chi connectivity index (χ2n) is 6.76. The number of benzene rings is 1. The lowest BCUT2D eigenvalue weighted by molar-refractivity contribution is 0.0290.